The predicted molar refractivity (Wildman–Crippen MR) is 68.5 cm³/mol. The summed E-state index contributed by atoms with van der Waals surface area (Å²) in [6, 6.07) is 7.85. The van der Waals surface area contributed by atoms with Crippen LogP contribution in [0.1, 0.15) is 36.0 Å². The molecule has 0 atom stereocenters. The van der Waals surface area contributed by atoms with Gasteiger partial charge in [0.15, 0.2) is 5.78 Å². The van der Waals surface area contributed by atoms with Crippen LogP contribution >= 0.6 is 0 Å². The second kappa shape index (κ2) is 5.82. The number of carbonyl (C=O) groups is 1. The Bertz CT molecular complexity index is 390. The number of unbranched alkanes of at least 4 members (excludes halogenated alkanes) is 1. The predicted octanol–water partition coefficient (Wildman–Crippen LogP) is 2.24. The van der Waals surface area contributed by atoms with Gasteiger partial charge in [0.25, 0.3) is 0 Å². The fraction of sp³-hybridized carbons (Fsp3) is 0.500. The molecule has 1 aromatic carbocycles. The van der Waals surface area contributed by atoms with Gasteiger partial charge in [-0.25, -0.2) is 0 Å². The Kier molecular flexibility index (Phi) is 4.15. The Balaban J connectivity index is 2.17. The molecule has 0 aliphatic carbocycles. The van der Waals surface area contributed by atoms with E-state index in [4.69, 9.17) is 5.11 Å². The molecule has 0 bridgehead atoms. The molecule has 1 aliphatic rings. The molecule has 3 heteroatoms. The Labute approximate surface area is 102 Å². The number of anilines is 1. The first-order valence-corrected chi connectivity index (χ1v) is 6.31. The second-order valence-electron chi connectivity index (χ2n) is 4.46. The molecule has 2 rings (SSSR count). The van der Waals surface area contributed by atoms with Crippen molar-refractivity contribution in [3.8, 4) is 0 Å². The molecular weight excluding hydrogens is 214 g/mol. The average Bonchev–Trinajstić information content (AvgIpc) is 2.51. The molecule has 0 spiro atoms. The third-order valence-corrected chi connectivity index (χ3v) is 3.21. The number of hydrogen-bond donors (Lipinski definition) is 1. The zero-order chi connectivity index (χ0) is 12.1. The molecule has 3 nitrogen and oxygen atoms in total. The van der Waals surface area contributed by atoms with E-state index in [1.807, 2.05) is 24.3 Å². The van der Waals surface area contributed by atoms with Gasteiger partial charge in [0.2, 0.25) is 0 Å². The maximum absolute atomic E-state index is 11.9. The summed E-state index contributed by atoms with van der Waals surface area (Å²) in [4.78, 5) is 14.2. The van der Waals surface area contributed by atoms with Crippen molar-refractivity contribution in [2.75, 3.05) is 24.6 Å². The van der Waals surface area contributed by atoms with Gasteiger partial charge in [-0.15, -0.1) is 0 Å². The van der Waals surface area contributed by atoms with E-state index in [0.717, 1.165) is 43.6 Å². The van der Waals surface area contributed by atoms with Crippen molar-refractivity contribution in [2.45, 2.75) is 25.7 Å². The lowest BCUT2D eigenvalue weighted by molar-refractivity contribution is 0.0984. The number of rotatable bonds is 4. The summed E-state index contributed by atoms with van der Waals surface area (Å²) in [5.41, 5.74) is 1.92. The van der Waals surface area contributed by atoms with Crippen molar-refractivity contribution < 1.29 is 9.90 Å². The third-order valence-electron chi connectivity index (χ3n) is 3.21. The van der Waals surface area contributed by atoms with E-state index in [2.05, 4.69) is 4.90 Å². The Morgan fingerprint density at radius 3 is 2.88 bits per heavy atom. The van der Waals surface area contributed by atoms with Gasteiger partial charge in [0.1, 0.15) is 0 Å². The Morgan fingerprint density at radius 2 is 2.06 bits per heavy atom. The van der Waals surface area contributed by atoms with Crippen LogP contribution in [0.5, 0.6) is 0 Å². The fourth-order valence-corrected chi connectivity index (χ4v) is 2.32. The van der Waals surface area contributed by atoms with Crippen molar-refractivity contribution in [1.82, 2.24) is 0 Å². The van der Waals surface area contributed by atoms with Gasteiger partial charge in [-0.05, 0) is 31.4 Å². The van der Waals surface area contributed by atoms with Gasteiger partial charge in [0, 0.05) is 37.4 Å². The van der Waals surface area contributed by atoms with Gasteiger partial charge in [0.05, 0.1) is 0 Å². The monoisotopic (exact) mass is 233 g/mol. The number of benzene rings is 1. The van der Waals surface area contributed by atoms with Crippen molar-refractivity contribution in [3.05, 3.63) is 29.8 Å². The molecule has 0 fully saturated rings. The largest absolute Gasteiger partial charge is 0.396 e. The zero-order valence-electron chi connectivity index (χ0n) is 10.1. The number of hydrogen-bond acceptors (Lipinski definition) is 3. The smallest absolute Gasteiger partial charge is 0.165 e. The zero-order valence-corrected chi connectivity index (χ0v) is 10.1. The lowest BCUT2D eigenvalue weighted by Gasteiger charge is -2.24. The number of fused-ring (bicyclic) bond motifs is 1. The van der Waals surface area contributed by atoms with Crippen LogP contribution in [0.15, 0.2) is 24.3 Å². The second-order valence-corrected chi connectivity index (χ2v) is 4.46. The van der Waals surface area contributed by atoms with E-state index in [-0.39, 0.29) is 12.4 Å². The molecule has 17 heavy (non-hydrogen) atoms. The topological polar surface area (TPSA) is 40.5 Å². The molecular formula is C14H19NO2. The Morgan fingerprint density at radius 1 is 1.24 bits per heavy atom. The van der Waals surface area contributed by atoms with Crippen LogP contribution in [0.4, 0.5) is 5.69 Å². The minimum absolute atomic E-state index is 0.244. The van der Waals surface area contributed by atoms with E-state index >= 15 is 0 Å². The fourth-order valence-electron chi connectivity index (χ4n) is 2.32. The van der Waals surface area contributed by atoms with Crippen LogP contribution in [-0.2, 0) is 0 Å². The van der Waals surface area contributed by atoms with Gasteiger partial charge in [-0.1, -0.05) is 12.1 Å². The normalized spacial score (nSPS) is 15.6. The van der Waals surface area contributed by atoms with E-state index in [9.17, 15) is 4.79 Å². The number of aliphatic hydroxyl groups excluding tert-OH is 1. The molecule has 92 valence electrons. The summed E-state index contributed by atoms with van der Waals surface area (Å²) in [5, 5.41) is 8.82. The number of Topliss-reactive ketones (excluding diaryl/α,β-unsaturated/α-hetero) is 1. The standard InChI is InChI=1S/C14H19NO2/c16-11-4-3-9-15-10-5-8-14(17)12-6-1-2-7-13(12)15/h1-2,6-7,16H,3-5,8-11H2. The third kappa shape index (κ3) is 2.86. The molecule has 0 aromatic heterocycles. The van der Waals surface area contributed by atoms with Crippen molar-refractivity contribution in [1.29, 1.82) is 0 Å². The first-order valence-electron chi connectivity index (χ1n) is 6.31. The van der Waals surface area contributed by atoms with Crippen LogP contribution in [0.25, 0.3) is 0 Å². The number of ketones is 1. The van der Waals surface area contributed by atoms with Crippen LogP contribution in [0.2, 0.25) is 0 Å². The van der Waals surface area contributed by atoms with E-state index < -0.39 is 0 Å². The van der Waals surface area contributed by atoms with Gasteiger partial charge < -0.3 is 10.0 Å². The maximum atomic E-state index is 11.9. The number of aliphatic hydroxyl groups is 1. The number of nitrogens with zero attached hydrogens (tertiary/aromatic N) is 1. The van der Waals surface area contributed by atoms with Crippen molar-refractivity contribution >= 4 is 11.5 Å². The lowest BCUT2D eigenvalue weighted by atomic mass is 10.1. The first-order chi connectivity index (χ1) is 8.33. The van der Waals surface area contributed by atoms with Crippen LogP contribution in [-0.4, -0.2) is 30.6 Å². The van der Waals surface area contributed by atoms with Crippen molar-refractivity contribution in [2.24, 2.45) is 0 Å². The van der Waals surface area contributed by atoms with E-state index in [1.165, 1.54) is 0 Å². The number of para-hydroxylation sites is 1. The van der Waals surface area contributed by atoms with Crippen LogP contribution in [0, 0.1) is 0 Å². The summed E-state index contributed by atoms with van der Waals surface area (Å²) < 4.78 is 0. The average molecular weight is 233 g/mol. The molecule has 1 aliphatic heterocycles. The quantitative estimate of drug-likeness (QED) is 0.811. The molecule has 0 unspecified atom stereocenters. The molecule has 0 amide bonds. The summed E-state index contributed by atoms with van der Waals surface area (Å²) in [6.07, 6.45) is 3.37. The van der Waals surface area contributed by atoms with Gasteiger partial charge in [-0.2, -0.15) is 0 Å². The minimum atomic E-state index is 0.244. The molecule has 0 saturated carbocycles. The summed E-state index contributed by atoms with van der Waals surface area (Å²) >= 11 is 0. The maximum Gasteiger partial charge on any atom is 0.165 e. The van der Waals surface area contributed by atoms with E-state index in [1.54, 1.807) is 0 Å². The SMILES string of the molecule is O=C1CCCN(CCCCO)c2ccccc21. The molecule has 1 aromatic rings. The van der Waals surface area contributed by atoms with E-state index in [0.29, 0.717) is 6.42 Å². The molecule has 0 saturated heterocycles. The summed E-state index contributed by atoms with van der Waals surface area (Å²) in [5.74, 6) is 0.255. The summed E-state index contributed by atoms with van der Waals surface area (Å²) in [7, 11) is 0. The summed E-state index contributed by atoms with van der Waals surface area (Å²) in [6.45, 7) is 2.10. The highest BCUT2D eigenvalue weighted by molar-refractivity contribution is 6.01. The highest BCUT2D eigenvalue weighted by Gasteiger charge is 2.19. The molecule has 0 radical (unpaired) electrons. The highest BCUT2D eigenvalue weighted by atomic mass is 16.2. The van der Waals surface area contributed by atoms with Crippen LogP contribution in [0.3, 0.4) is 0 Å². The first kappa shape index (κ1) is 12.1. The lowest BCUT2D eigenvalue weighted by Crippen LogP contribution is -2.25. The van der Waals surface area contributed by atoms with Crippen molar-refractivity contribution in [3.63, 3.8) is 0 Å². The van der Waals surface area contributed by atoms with Gasteiger partial charge in [-0.3, -0.25) is 4.79 Å². The van der Waals surface area contributed by atoms with Gasteiger partial charge >= 0.3 is 0 Å². The number of carbonyl (C=O) groups excluding carboxylic acids is 1. The minimum Gasteiger partial charge on any atom is -0.396 e. The molecule has 1 N–H and O–H groups in total. The highest BCUT2D eigenvalue weighted by Crippen LogP contribution is 2.26. The van der Waals surface area contributed by atoms with Crippen LogP contribution < -0.4 is 4.90 Å². The molecule has 1 heterocycles. The Hall–Kier alpha value is -1.35.